The summed E-state index contributed by atoms with van der Waals surface area (Å²) in [7, 11) is 0. The van der Waals surface area contributed by atoms with Crippen LogP contribution in [0.25, 0.3) is 0 Å². The number of hydrogen-bond donors (Lipinski definition) is 2. The molecule has 0 bridgehead atoms. The Labute approximate surface area is 112 Å². The molecule has 0 aliphatic carbocycles. The molecule has 0 aliphatic rings. The SMILES string of the molecule is O=C(O)c1occc1CNc1ccccc1I. The van der Waals surface area contributed by atoms with Crippen molar-refractivity contribution in [2.24, 2.45) is 0 Å². The second-order valence-corrected chi connectivity index (χ2v) is 4.58. The Morgan fingerprint density at radius 3 is 2.82 bits per heavy atom. The van der Waals surface area contributed by atoms with Crippen molar-refractivity contribution in [1.82, 2.24) is 0 Å². The minimum absolute atomic E-state index is 0.0107. The van der Waals surface area contributed by atoms with Crippen LogP contribution in [0.2, 0.25) is 0 Å². The lowest BCUT2D eigenvalue weighted by molar-refractivity contribution is 0.0661. The summed E-state index contributed by atoms with van der Waals surface area (Å²) in [6, 6.07) is 9.47. The van der Waals surface area contributed by atoms with Crippen LogP contribution >= 0.6 is 22.6 Å². The Morgan fingerprint density at radius 1 is 1.35 bits per heavy atom. The highest BCUT2D eigenvalue weighted by atomic mass is 127. The highest BCUT2D eigenvalue weighted by molar-refractivity contribution is 14.1. The zero-order valence-electron chi connectivity index (χ0n) is 8.81. The van der Waals surface area contributed by atoms with Gasteiger partial charge in [-0.3, -0.25) is 0 Å². The van der Waals surface area contributed by atoms with Gasteiger partial charge in [0.25, 0.3) is 0 Å². The Bertz CT molecular complexity index is 536. The fourth-order valence-electron chi connectivity index (χ4n) is 1.46. The number of aromatic carboxylic acids is 1. The van der Waals surface area contributed by atoms with Crippen LogP contribution in [-0.4, -0.2) is 11.1 Å². The number of carbonyl (C=O) groups is 1. The molecule has 0 amide bonds. The molecule has 2 aromatic rings. The Hall–Kier alpha value is -1.50. The van der Waals surface area contributed by atoms with Crippen LogP contribution in [0.5, 0.6) is 0 Å². The van der Waals surface area contributed by atoms with E-state index in [0.717, 1.165) is 9.26 Å². The van der Waals surface area contributed by atoms with Gasteiger partial charge in [-0.05, 0) is 40.8 Å². The van der Waals surface area contributed by atoms with Crippen LogP contribution in [0.1, 0.15) is 16.1 Å². The molecule has 0 aliphatic heterocycles. The smallest absolute Gasteiger partial charge is 0.372 e. The molecule has 2 rings (SSSR count). The van der Waals surface area contributed by atoms with Crippen molar-refractivity contribution in [2.75, 3.05) is 5.32 Å². The van der Waals surface area contributed by atoms with Crippen molar-refractivity contribution in [3.8, 4) is 0 Å². The molecule has 0 saturated heterocycles. The minimum atomic E-state index is -1.05. The van der Waals surface area contributed by atoms with Crippen LogP contribution in [0.15, 0.2) is 41.0 Å². The Balaban J connectivity index is 2.10. The molecule has 88 valence electrons. The molecule has 0 spiro atoms. The summed E-state index contributed by atoms with van der Waals surface area (Å²) >= 11 is 2.22. The number of carboxylic acid groups (broad SMARTS) is 1. The fourth-order valence-corrected chi connectivity index (χ4v) is 2.04. The number of carboxylic acids is 1. The number of nitrogens with one attached hydrogen (secondary N) is 1. The van der Waals surface area contributed by atoms with Gasteiger partial charge in [-0.1, -0.05) is 12.1 Å². The van der Waals surface area contributed by atoms with Gasteiger partial charge in [-0.25, -0.2) is 4.79 Å². The number of rotatable bonds is 4. The molecule has 0 atom stereocenters. The van der Waals surface area contributed by atoms with Crippen molar-refractivity contribution in [3.63, 3.8) is 0 Å². The molecule has 0 fully saturated rings. The van der Waals surface area contributed by atoms with E-state index in [1.54, 1.807) is 6.07 Å². The lowest BCUT2D eigenvalue weighted by Crippen LogP contribution is -2.05. The molecule has 0 radical (unpaired) electrons. The normalized spacial score (nSPS) is 10.2. The van der Waals surface area contributed by atoms with Crippen molar-refractivity contribution in [3.05, 3.63) is 51.5 Å². The number of benzene rings is 1. The monoisotopic (exact) mass is 343 g/mol. The average molecular weight is 343 g/mol. The summed E-state index contributed by atoms with van der Waals surface area (Å²) < 4.78 is 5.99. The van der Waals surface area contributed by atoms with E-state index in [2.05, 4.69) is 27.9 Å². The molecule has 17 heavy (non-hydrogen) atoms. The molecule has 1 aromatic carbocycles. The zero-order chi connectivity index (χ0) is 12.3. The third-order valence-corrected chi connectivity index (χ3v) is 3.22. The van der Waals surface area contributed by atoms with Gasteiger partial charge in [0.15, 0.2) is 0 Å². The van der Waals surface area contributed by atoms with E-state index in [9.17, 15) is 4.79 Å². The van der Waals surface area contributed by atoms with E-state index in [1.165, 1.54) is 6.26 Å². The first-order valence-corrected chi connectivity index (χ1v) is 6.04. The number of halogens is 1. The maximum atomic E-state index is 10.8. The van der Waals surface area contributed by atoms with E-state index in [0.29, 0.717) is 12.1 Å². The maximum absolute atomic E-state index is 10.8. The number of furan rings is 1. The Morgan fingerprint density at radius 2 is 2.12 bits per heavy atom. The fraction of sp³-hybridized carbons (Fsp3) is 0.0833. The largest absolute Gasteiger partial charge is 0.475 e. The van der Waals surface area contributed by atoms with Crippen molar-refractivity contribution in [1.29, 1.82) is 0 Å². The average Bonchev–Trinajstić information content (AvgIpc) is 2.76. The van der Waals surface area contributed by atoms with Gasteiger partial charge in [0.05, 0.1) is 6.26 Å². The zero-order valence-corrected chi connectivity index (χ0v) is 11.0. The van der Waals surface area contributed by atoms with Crippen LogP contribution in [0.4, 0.5) is 5.69 Å². The van der Waals surface area contributed by atoms with Gasteiger partial charge in [-0.15, -0.1) is 0 Å². The Kier molecular flexibility index (Phi) is 3.68. The molecular formula is C12H10INO3. The van der Waals surface area contributed by atoms with E-state index in [4.69, 9.17) is 9.52 Å². The topological polar surface area (TPSA) is 62.5 Å². The minimum Gasteiger partial charge on any atom is -0.475 e. The number of hydrogen-bond acceptors (Lipinski definition) is 3. The van der Waals surface area contributed by atoms with E-state index >= 15 is 0 Å². The second kappa shape index (κ2) is 5.22. The van der Waals surface area contributed by atoms with Gasteiger partial charge in [-0.2, -0.15) is 0 Å². The van der Waals surface area contributed by atoms with Crippen LogP contribution < -0.4 is 5.32 Å². The first-order valence-electron chi connectivity index (χ1n) is 4.96. The van der Waals surface area contributed by atoms with E-state index in [-0.39, 0.29) is 5.76 Å². The number of anilines is 1. The van der Waals surface area contributed by atoms with Crippen molar-refractivity contribution < 1.29 is 14.3 Å². The van der Waals surface area contributed by atoms with Gasteiger partial charge in [0.2, 0.25) is 5.76 Å². The lowest BCUT2D eigenvalue weighted by atomic mass is 10.2. The van der Waals surface area contributed by atoms with Crippen LogP contribution in [-0.2, 0) is 6.54 Å². The molecule has 0 saturated carbocycles. The quantitative estimate of drug-likeness (QED) is 0.837. The highest BCUT2D eigenvalue weighted by Crippen LogP contribution is 2.19. The van der Waals surface area contributed by atoms with Crippen LogP contribution in [0.3, 0.4) is 0 Å². The van der Waals surface area contributed by atoms with Crippen molar-refractivity contribution in [2.45, 2.75) is 6.54 Å². The third-order valence-electron chi connectivity index (χ3n) is 2.28. The molecule has 4 nitrogen and oxygen atoms in total. The first-order chi connectivity index (χ1) is 8.18. The van der Waals surface area contributed by atoms with Gasteiger partial charge in [0, 0.05) is 21.4 Å². The maximum Gasteiger partial charge on any atom is 0.372 e. The van der Waals surface area contributed by atoms with Gasteiger partial charge in [0.1, 0.15) is 0 Å². The first kappa shape index (κ1) is 12.0. The predicted octanol–water partition coefficient (Wildman–Crippen LogP) is 3.19. The molecule has 2 N–H and O–H groups in total. The highest BCUT2D eigenvalue weighted by Gasteiger charge is 2.13. The second-order valence-electron chi connectivity index (χ2n) is 3.41. The van der Waals surface area contributed by atoms with Crippen molar-refractivity contribution >= 4 is 34.2 Å². The molecular weight excluding hydrogens is 333 g/mol. The molecule has 5 heteroatoms. The van der Waals surface area contributed by atoms with Crippen LogP contribution in [0, 0.1) is 3.57 Å². The predicted molar refractivity (Wildman–Crippen MR) is 72.2 cm³/mol. The third kappa shape index (κ3) is 2.79. The standard InChI is InChI=1S/C12H10INO3/c13-9-3-1-2-4-10(9)14-7-8-5-6-17-11(8)12(15)16/h1-6,14H,7H2,(H,15,16). The summed E-state index contributed by atoms with van der Waals surface area (Å²) in [5, 5.41) is 12.1. The molecule has 1 heterocycles. The van der Waals surface area contributed by atoms with E-state index in [1.807, 2.05) is 24.3 Å². The lowest BCUT2D eigenvalue weighted by Gasteiger charge is -2.07. The van der Waals surface area contributed by atoms with E-state index < -0.39 is 5.97 Å². The summed E-state index contributed by atoms with van der Waals surface area (Å²) in [6.07, 6.45) is 1.39. The summed E-state index contributed by atoms with van der Waals surface area (Å²) in [6.45, 7) is 0.429. The number of para-hydroxylation sites is 1. The molecule has 0 unspecified atom stereocenters. The molecule has 1 aromatic heterocycles. The van der Waals surface area contributed by atoms with Gasteiger partial charge < -0.3 is 14.8 Å². The summed E-state index contributed by atoms with van der Waals surface area (Å²) in [5.41, 5.74) is 1.61. The van der Waals surface area contributed by atoms with Gasteiger partial charge >= 0.3 is 5.97 Å². The summed E-state index contributed by atoms with van der Waals surface area (Å²) in [4.78, 5) is 10.8. The summed E-state index contributed by atoms with van der Waals surface area (Å²) in [5.74, 6) is -1.06.